The van der Waals surface area contributed by atoms with Crippen LogP contribution in [0.4, 0.5) is 0 Å². The zero-order valence-corrected chi connectivity index (χ0v) is 14.4. The van der Waals surface area contributed by atoms with Gasteiger partial charge in [0.1, 0.15) is 4.83 Å². The Labute approximate surface area is 134 Å². The van der Waals surface area contributed by atoms with Crippen LogP contribution >= 0.6 is 11.3 Å². The number of thiophene rings is 1. The zero-order chi connectivity index (χ0) is 16.3. The van der Waals surface area contributed by atoms with Crippen molar-refractivity contribution in [2.24, 2.45) is 0 Å². The summed E-state index contributed by atoms with van der Waals surface area (Å²) in [7, 11) is 0. The summed E-state index contributed by atoms with van der Waals surface area (Å²) in [5.41, 5.74) is 0.940. The molecule has 1 N–H and O–H groups in total. The van der Waals surface area contributed by atoms with Crippen LogP contribution in [0.1, 0.15) is 43.6 Å². The predicted molar refractivity (Wildman–Crippen MR) is 90.5 cm³/mol. The van der Waals surface area contributed by atoms with Crippen LogP contribution < -0.4 is 10.9 Å². The molecule has 0 aliphatic heterocycles. The van der Waals surface area contributed by atoms with Gasteiger partial charge in [0.25, 0.3) is 5.56 Å². The second kappa shape index (κ2) is 7.05. The van der Waals surface area contributed by atoms with Crippen molar-refractivity contribution in [3.05, 3.63) is 27.1 Å². The van der Waals surface area contributed by atoms with Crippen LogP contribution in [0.15, 0.2) is 11.1 Å². The molecule has 120 valence electrons. The summed E-state index contributed by atoms with van der Waals surface area (Å²) in [5.74, 6) is -0.0149. The minimum Gasteiger partial charge on any atom is -0.353 e. The molecule has 0 radical (unpaired) electrons. The maximum absolute atomic E-state index is 12.5. The van der Waals surface area contributed by atoms with E-state index in [4.69, 9.17) is 0 Å². The third-order valence-electron chi connectivity index (χ3n) is 4.09. The van der Waals surface area contributed by atoms with Crippen LogP contribution in [-0.2, 0) is 11.3 Å². The van der Waals surface area contributed by atoms with E-state index in [1.807, 2.05) is 13.8 Å². The van der Waals surface area contributed by atoms with Crippen LogP contribution in [0.25, 0.3) is 10.2 Å². The predicted octanol–water partition coefficient (Wildman–Crippen LogP) is 2.77. The van der Waals surface area contributed by atoms with Gasteiger partial charge in [0, 0.05) is 23.9 Å². The fourth-order valence-electron chi connectivity index (χ4n) is 2.44. The lowest BCUT2D eigenvalue weighted by Gasteiger charge is -2.14. The molecule has 0 aliphatic carbocycles. The minimum absolute atomic E-state index is 0.0149. The summed E-state index contributed by atoms with van der Waals surface area (Å²) < 4.78 is 1.54. The Kier molecular flexibility index (Phi) is 5.34. The molecule has 0 aliphatic rings. The maximum Gasteiger partial charge on any atom is 0.262 e. The smallest absolute Gasteiger partial charge is 0.262 e. The molecule has 22 heavy (non-hydrogen) atoms. The second-order valence-corrected chi connectivity index (χ2v) is 6.74. The normalized spacial score (nSPS) is 11.3. The highest BCUT2D eigenvalue weighted by molar-refractivity contribution is 7.18. The van der Waals surface area contributed by atoms with Gasteiger partial charge in [0.05, 0.1) is 11.7 Å². The van der Waals surface area contributed by atoms with E-state index in [0.29, 0.717) is 18.4 Å². The minimum atomic E-state index is -0.0535. The summed E-state index contributed by atoms with van der Waals surface area (Å²) in [6.45, 7) is 8.41. The largest absolute Gasteiger partial charge is 0.353 e. The Morgan fingerprint density at radius 3 is 2.68 bits per heavy atom. The number of nitrogens with one attached hydrogen (secondary N) is 1. The first-order valence-electron chi connectivity index (χ1n) is 7.72. The number of carbonyl (C=O) groups excluding carboxylic acids is 1. The Bertz CT molecular complexity index is 729. The molecule has 5 nitrogen and oxygen atoms in total. The molecule has 6 heteroatoms. The number of nitrogens with zero attached hydrogens (tertiary/aromatic N) is 2. The average Bonchev–Trinajstić information content (AvgIpc) is 2.79. The Morgan fingerprint density at radius 1 is 1.36 bits per heavy atom. The van der Waals surface area contributed by atoms with Crippen molar-refractivity contribution in [1.29, 1.82) is 0 Å². The number of hydrogen-bond donors (Lipinski definition) is 1. The number of aryl methyl sites for hydroxylation is 3. The standard InChI is InChI=1S/C16H23N3O2S/c1-5-12(6-2)18-13(20)7-8-19-9-17-15-14(16(19)21)10(3)11(4)22-15/h9,12H,5-8H2,1-4H3,(H,18,20). The van der Waals surface area contributed by atoms with Gasteiger partial charge in [0.2, 0.25) is 5.91 Å². The van der Waals surface area contributed by atoms with E-state index in [0.717, 1.165) is 28.1 Å². The summed E-state index contributed by atoms with van der Waals surface area (Å²) in [5, 5.41) is 3.67. The lowest BCUT2D eigenvalue weighted by Crippen LogP contribution is -2.35. The first-order valence-corrected chi connectivity index (χ1v) is 8.54. The van der Waals surface area contributed by atoms with Crippen molar-refractivity contribution in [3.8, 4) is 0 Å². The third kappa shape index (κ3) is 3.38. The number of carbonyl (C=O) groups is 1. The molecule has 0 saturated carbocycles. The molecule has 0 atom stereocenters. The molecule has 0 fully saturated rings. The summed E-state index contributed by atoms with van der Waals surface area (Å²) in [6.07, 6.45) is 3.68. The molecule has 2 heterocycles. The van der Waals surface area contributed by atoms with E-state index < -0.39 is 0 Å². The molecule has 2 aromatic heterocycles. The van der Waals surface area contributed by atoms with Crippen molar-refractivity contribution < 1.29 is 4.79 Å². The lowest BCUT2D eigenvalue weighted by molar-refractivity contribution is -0.122. The van der Waals surface area contributed by atoms with Crippen LogP contribution in [0, 0.1) is 13.8 Å². The third-order valence-corrected chi connectivity index (χ3v) is 5.20. The first kappa shape index (κ1) is 16.7. The number of amides is 1. The molecule has 0 unspecified atom stereocenters. The van der Waals surface area contributed by atoms with Gasteiger partial charge in [-0.25, -0.2) is 4.98 Å². The van der Waals surface area contributed by atoms with Gasteiger partial charge in [-0.1, -0.05) is 13.8 Å². The van der Waals surface area contributed by atoms with Crippen molar-refractivity contribution in [2.45, 2.75) is 59.5 Å². The van der Waals surface area contributed by atoms with E-state index >= 15 is 0 Å². The molecule has 0 bridgehead atoms. The molecule has 2 rings (SSSR count). The molecular weight excluding hydrogens is 298 g/mol. The fraction of sp³-hybridized carbons (Fsp3) is 0.562. The van der Waals surface area contributed by atoms with Gasteiger partial charge in [-0.15, -0.1) is 11.3 Å². The second-order valence-electron chi connectivity index (χ2n) is 5.54. The lowest BCUT2D eigenvalue weighted by atomic mass is 10.1. The number of rotatable bonds is 6. The monoisotopic (exact) mass is 321 g/mol. The van der Waals surface area contributed by atoms with Crippen molar-refractivity contribution in [3.63, 3.8) is 0 Å². The van der Waals surface area contributed by atoms with E-state index in [9.17, 15) is 9.59 Å². The zero-order valence-electron chi connectivity index (χ0n) is 13.6. The van der Waals surface area contributed by atoms with Crippen molar-refractivity contribution in [2.75, 3.05) is 0 Å². The van der Waals surface area contributed by atoms with Gasteiger partial charge in [-0.3, -0.25) is 14.2 Å². The van der Waals surface area contributed by atoms with Crippen LogP contribution in [0.3, 0.4) is 0 Å². The van der Waals surface area contributed by atoms with Gasteiger partial charge in [0.15, 0.2) is 0 Å². The molecular formula is C16H23N3O2S. The molecule has 1 amide bonds. The Morgan fingerprint density at radius 2 is 2.05 bits per heavy atom. The summed E-state index contributed by atoms with van der Waals surface area (Å²) >= 11 is 1.54. The Hall–Kier alpha value is -1.69. The quantitative estimate of drug-likeness (QED) is 0.890. The highest BCUT2D eigenvalue weighted by Gasteiger charge is 2.13. The number of fused-ring (bicyclic) bond motifs is 1. The van der Waals surface area contributed by atoms with E-state index in [2.05, 4.69) is 24.1 Å². The van der Waals surface area contributed by atoms with Gasteiger partial charge in [-0.2, -0.15) is 0 Å². The van der Waals surface area contributed by atoms with E-state index in [1.54, 1.807) is 6.33 Å². The summed E-state index contributed by atoms with van der Waals surface area (Å²) in [4.78, 5) is 30.7. The Balaban J connectivity index is 2.12. The number of aromatic nitrogens is 2. The van der Waals surface area contributed by atoms with Crippen LogP contribution in [-0.4, -0.2) is 21.5 Å². The number of hydrogen-bond acceptors (Lipinski definition) is 4. The van der Waals surface area contributed by atoms with Crippen LogP contribution in [0.2, 0.25) is 0 Å². The fourth-order valence-corrected chi connectivity index (χ4v) is 3.43. The first-order chi connectivity index (χ1) is 10.5. The molecule has 0 saturated heterocycles. The van der Waals surface area contributed by atoms with Gasteiger partial charge in [-0.05, 0) is 32.3 Å². The molecule has 0 spiro atoms. The highest BCUT2D eigenvalue weighted by Crippen LogP contribution is 2.25. The maximum atomic E-state index is 12.5. The highest BCUT2D eigenvalue weighted by atomic mass is 32.1. The van der Waals surface area contributed by atoms with E-state index in [1.165, 1.54) is 15.9 Å². The SMILES string of the molecule is CCC(CC)NC(=O)CCn1cnc2sc(C)c(C)c2c1=O. The average molecular weight is 321 g/mol. The van der Waals surface area contributed by atoms with Crippen molar-refractivity contribution >= 4 is 27.5 Å². The van der Waals surface area contributed by atoms with E-state index in [-0.39, 0.29) is 17.5 Å². The topological polar surface area (TPSA) is 64.0 Å². The van der Waals surface area contributed by atoms with Crippen molar-refractivity contribution in [1.82, 2.24) is 14.9 Å². The van der Waals surface area contributed by atoms with Gasteiger partial charge < -0.3 is 5.32 Å². The molecule has 0 aromatic carbocycles. The molecule has 2 aromatic rings. The van der Waals surface area contributed by atoms with Gasteiger partial charge >= 0.3 is 0 Å². The summed E-state index contributed by atoms with van der Waals surface area (Å²) in [6, 6.07) is 0.214. The van der Waals surface area contributed by atoms with Crippen LogP contribution in [0.5, 0.6) is 0 Å².